The predicted octanol–water partition coefficient (Wildman–Crippen LogP) is 4.58. The highest BCUT2D eigenvalue weighted by molar-refractivity contribution is 6.05. The average molecular weight is 730 g/mol. The summed E-state index contributed by atoms with van der Waals surface area (Å²) in [5, 5.41) is 14.4. The first-order valence-electron chi connectivity index (χ1n) is 16.5. The molecule has 2 aliphatic heterocycles. The van der Waals surface area contributed by atoms with Gasteiger partial charge in [-0.05, 0) is 49.0 Å². The Bertz CT molecular complexity index is 2180. The van der Waals surface area contributed by atoms with Crippen LogP contribution in [0.15, 0.2) is 54.7 Å². The Hall–Kier alpha value is -6.41. The summed E-state index contributed by atoms with van der Waals surface area (Å²) < 4.78 is 43.2. The molecule has 4 aromatic rings. The van der Waals surface area contributed by atoms with Gasteiger partial charge in [0.15, 0.2) is 0 Å². The number of anilines is 3. The number of benzene rings is 2. The van der Waals surface area contributed by atoms with Gasteiger partial charge in [-0.1, -0.05) is 24.8 Å². The molecule has 2 aliphatic rings. The van der Waals surface area contributed by atoms with E-state index in [2.05, 4.69) is 37.3 Å². The molecule has 2 aromatic heterocycles. The number of nitrogens with one attached hydrogen (secondary N) is 2. The highest BCUT2D eigenvalue weighted by atomic mass is 19.4. The van der Waals surface area contributed by atoms with Crippen LogP contribution >= 0.6 is 0 Å². The van der Waals surface area contributed by atoms with Crippen molar-refractivity contribution in [2.45, 2.75) is 19.5 Å². The lowest BCUT2D eigenvalue weighted by atomic mass is 10.1. The Morgan fingerprint density at radius 3 is 2.42 bits per heavy atom. The molecule has 0 radical (unpaired) electrons. The van der Waals surface area contributed by atoms with Gasteiger partial charge in [0.05, 0.1) is 22.4 Å². The number of alkyl halides is 3. The van der Waals surface area contributed by atoms with Crippen LogP contribution in [0, 0.1) is 11.8 Å². The molecule has 1 fully saturated rings. The molecule has 4 heterocycles. The lowest BCUT2D eigenvalue weighted by Gasteiger charge is -2.34. The summed E-state index contributed by atoms with van der Waals surface area (Å²) in [6.07, 6.45) is -4.38. The minimum Gasteiger partial charge on any atom is -0.465 e. The standard InChI is InChI=1S/C36H34F3N9O5/c1-3-46-11-13-47(14-12-46)31(49)23-16-24(36(37,38)39)18-26(17-23)43-34(51)42-25-6-4-5-21(15-25)7-8-22-20-41-33(40)44-30(22)29-19-27-28(45(29)2)9-10-48(32(27)50)35(52)53/h4-6,15-20H,3,9-14H2,1-2H3,(H,52,53)(H2,40,41,44)(H2,42,43,51). The van der Waals surface area contributed by atoms with E-state index in [0.29, 0.717) is 60.8 Å². The maximum absolute atomic E-state index is 13.8. The molecule has 5 N–H and O–H groups in total. The van der Waals surface area contributed by atoms with E-state index in [9.17, 15) is 37.5 Å². The normalized spacial score (nSPS) is 14.6. The Kier molecular flexibility index (Phi) is 10.1. The highest BCUT2D eigenvalue weighted by Crippen LogP contribution is 2.33. The van der Waals surface area contributed by atoms with Crippen LogP contribution in [0.2, 0.25) is 0 Å². The number of nitrogens with two attached hydrogens (primary N) is 1. The maximum Gasteiger partial charge on any atom is 0.416 e. The molecule has 6 rings (SSSR count). The molecule has 0 spiro atoms. The lowest BCUT2D eigenvalue weighted by molar-refractivity contribution is -0.137. The van der Waals surface area contributed by atoms with E-state index in [-0.39, 0.29) is 35.0 Å². The van der Waals surface area contributed by atoms with Crippen LogP contribution in [0.4, 0.5) is 40.1 Å². The van der Waals surface area contributed by atoms with Gasteiger partial charge in [0.2, 0.25) is 5.95 Å². The summed E-state index contributed by atoms with van der Waals surface area (Å²) in [4.78, 5) is 63.3. The minimum absolute atomic E-state index is 0.0110. The van der Waals surface area contributed by atoms with Gasteiger partial charge < -0.3 is 35.8 Å². The van der Waals surface area contributed by atoms with E-state index in [1.165, 1.54) is 17.2 Å². The number of carbonyl (C=O) groups is 4. The molecule has 0 unspecified atom stereocenters. The summed E-state index contributed by atoms with van der Waals surface area (Å²) in [5.41, 5.74) is 7.14. The van der Waals surface area contributed by atoms with Crippen molar-refractivity contribution < 1.29 is 37.5 Å². The fourth-order valence-electron chi connectivity index (χ4n) is 6.23. The van der Waals surface area contributed by atoms with Crippen molar-refractivity contribution in [3.63, 3.8) is 0 Å². The van der Waals surface area contributed by atoms with Crippen LogP contribution in [0.1, 0.15) is 50.0 Å². The molecule has 1 saturated heterocycles. The molecule has 0 saturated carbocycles. The minimum atomic E-state index is -4.76. The SMILES string of the molecule is CCN1CCN(C(=O)c2cc(NC(=O)Nc3cccc(C#Cc4cnc(N)nc4-c4cc5c(n4C)CCN(C(=O)O)C5=O)c3)cc(C(F)(F)F)c2)CC1. The molecule has 17 heteroatoms. The molecular weight excluding hydrogens is 695 g/mol. The van der Waals surface area contributed by atoms with Crippen LogP contribution in [-0.4, -0.2) is 97.5 Å². The van der Waals surface area contributed by atoms with Crippen LogP contribution in [-0.2, 0) is 19.6 Å². The van der Waals surface area contributed by atoms with Gasteiger partial charge in [-0.15, -0.1) is 0 Å². The molecule has 0 aliphatic carbocycles. The number of carbonyl (C=O) groups excluding carboxylic acids is 3. The number of halogens is 3. The number of nitrogen functional groups attached to an aromatic ring is 1. The fraction of sp³-hybridized carbons (Fsp3) is 0.278. The van der Waals surface area contributed by atoms with Crippen LogP contribution in [0.3, 0.4) is 0 Å². The van der Waals surface area contributed by atoms with Crippen molar-refractivity contribution in [2.24, 2.45) is 7.05 Å². The van der Waals surface area contributed by atoms with Gasteiger partial charge in [-0.25, -0.2) is 24.5 Å². The third kappa shape index (κ3) is 7.92. The zero-order valence-electron chi connectivity index (χ0n) is 28.6. The van der Waals surface area contributed by atoms with Gasteiger partial charge in [0, 0.05) is 80.6 Å². The Labute approximate surface area is 301 Å². The van der Waals surface area contributed by atoms with E-state index in [0.717, 1.165) is 23.6 Å². The average Bonchev–Trinajstić information content (AvgIpc) is 3.47. The zero-order valence-corrected chi connectivity index (χ0v) is 28.6. The van der Waals surface area contributed by atoms with Gasteiger partial charge in [0.25, 0.3) is 11.8 Å². The van der Waals surface area contributed by atoms with Gasteiger partial charge >= 0.3 is 18.3 Å². The second kappa shape index (κ2) is 14.7. The Morgan fingerprint density at radius 2 is 1.72 bits per heavy atom. The van der Waals surface area contributed by atoms with E-state index in [1.807, 2.05) is 6.92 Å². The number of likely N-dealkylation sites (N-methyl/N-ethyl adjacent to an activating group) is 1. The van der Waals surface area contributed by atoms with Crippen molar-refractivity contribution >= 4 is 41.3 Å². The van der Waals surface area contributed by atoms with Crippen molar-refractivity contribution in [3.05, 3.63) is 88.2 Å². The molecule has 0 bridgehead atoms. The molecule has 5 amide bonds. The Balaban J connectivity index is 1.20. The second-order valence-corrected chi connectivity index (χ2v) is 12.4. The number of urea groups is 1. The van der Waals surface area contributed by atoms with E-state index in [4.69, 9.17) is 5.73 Å². The first-order valence-corrected chi connectivity index (χ1v) is 16.5. The summed E-state index contributed by atoms with van der Waals surface area (Å²) in [6, 6.07) is 9.86. The largest absolute Gasteiger partial charge is 0.465 e. The first-order chi connectivity index (χ1) is 25.2. The van der Waals surface area contributed by atoms with Gasteiger partial charge in [-0.3, -0.25) is 9.59 Å². The number of hydrogen-bond donors (Lipinski definition) is 4. The number of imide groups is 1. The van der Waals surface area contributed by atoms with E-state index in [1.54, 1.807) is 41.9 Å². The predicted molar refractivity (Wildman–Crippen MR) is 188 cm³/mol. The summed E-state index contributed by atoms with van der Waals surface area (Å²) in [6.45, 7) is 4.78. The van der Waals surface area contributed by atoms with E-state index < -0.39 is 35.7 Å². The molecule has 53 heavy (non-hydrogen) atoms. The number of carboxylic acid groups (broad SMARTS) is 1. The van der Waals surface area contributed by atoms with Crippen molar-refractivity contribution in [3.8, 4) is 23.2 Å². The molecule has 2 aromatic carbocycles. The van der Waals surface area contributed by atoms with Crippen molar-refractivity contribution in [2.75, 3.05) is 55.6 Å². The van der Waals surface area contributed by atoms with Gasteiger partial charge in [0.1, 0.15) is 5.69 Å². The second-order valence-electron chi connectivity index (χ2n) is 12.4. The lowest BCUT2D eigenvalue weighted by Crippen LogP contribution is -2.48. The summed E-state index contributed by atoms with van der Waals surface area (Å²) in [5.74, 6) is 4.71. The van der Waals surface area contributed by atoms with Crippen LogP contribution in [0.25, 0.3) is 11.4 Å². The van der Waals surface area contributed by atoms with Crippen molar-refractivity contribution in [1.29, 1.82) is 0 Å². The van der Waals surface area contributed by atoms with Crippen molar-refractivity contribution in [1.82, 2.24) is 29.2 Å². The third-order valence-corrected chi connectivity index (χ3v) is 9.02. The smallest absolute Gasteiger partial charge is 0.416 e. The number of nitrogens with zero attached hydrogens (tertiary/aromatic N) is 6. The zero-order chi connectivity index (χ0) is 38.0. The highest BCUT2D eigenvalue weighted by Gasteiger charge is 2.34. The number of aromatic nitrogens is 3. The van der Waals surface area contributed by atoms with Crippen LogP contribution < -0.4 is 16.4 Å². The summed E-state index contributed by atoms with van der Waals surface area (Å²) in [7, 11) is 1.72. The maximum atomic E-state index is 13.8. The number of piperazine rings is 1. The molecule has 274 valence electrons. The fourth-order valence-corrected chi connectivity index (χ4v) is 6.23. The first kappa shape index (κ1) is 36.4. The monoisotopic (exact) mass is 729 g/mol. The number of rotatable bonds is 5. The third-order valence-electron chi connectivity index (χ3n) is 9.02. The number of amides is 5. The molecular formula is C36H34F3N9O5. The quantitative estimate of drug-likeness (QED) is 0.214. The molecule has 0 atom stereocenters. The van der Waals surface area contributed by atoms with E-state index >= 15 is 0 Å². The van der Waals surface area contributed by atoms with Gasteiger partial charge in [-0.2, -0.15) is 13.2 Å². The van der Waals surface area contributed by atoms with Crippen LogP contribution in [0.5, 0.6) is 0 Å². The number of fused-ring (bicyclic) bond motifs is 1. The number of hydrogen-bond acceptors (Lipinski definition) is 8. The topological polar surface area (TPSA) is 179 Å². The molecule has 14 nitrogen and oxygen atoms in total. The Morgan fingerprint density at radius 1 is 0.981 bits per heavy atom. The summed E-state index contributed by atoms with van der Waals surface area (Å²) >= 11 is 0.